The first-order chi connectivity index (χ1) is 11.1. The summed E-state index contributed by atoms with van der Waals surface area (Å²) in [5, 5.41) is 0. The number of hydrogen-bond acceptors (Lipinski definition) is 3. The van der Waals surface area contributed by atoms with E-state index in [0.29, 0.717) is 18.5 Å². The van der Waals surface area contributed by atoms with E-state index in [4.69, 9.17) is 0 Å². The van der Waals surface area contributed by atoms with Gasteiger partial charge in [-0.05, 0) is 52.0 Å². The van der Waals surface area contributed by atoms with Crippen LogP contribution in [-0.4, -0.2) is 70.8 Å². The molecule has 0 radical (unpaired) electrons. The van der Waals surface area contributed by atoms with Gasteiger partial charge in [0.15, 0.2) is 0 Å². The summed E-state index contributed by atoms with van der Waals surface area (Å²) in [4.78, 5) is 31.3. The second kappa shape index (κ2) is 7.20. The van der Waals surface area contributed by atoms with Crippen molar-refractivity contribution >= 4 is 11.8 Å². The number of nitrogens with zero attached hydrogens (tertiary/aromatic N) is 3. The van der Waals surface area contributed by atoms with Crippen molar-refractivity contribution in [2.45, 2.75) is 76.9 Å². The molecule has 0 unspecified atom stereocenters. The molecule has 0 aliphatic carbocycles. The van der Waals surface area contributed by atoms with Gasteiger partial charge in [0.25, 0.3) is 0 Å². The molecule has 0 aromatic rings. The van der Waals surface area contributed by atoms with Crippen LogP contribution in [0.4, 0.5) is 0 Å². The average molecular weight is 321 g/mol. The molecule has 0 aromatic heterocycles. The van der Waals surface area contributed by atoms with E-state index >= 15 is 0 Å². The number of carbonyl (C=O) groups excluding carboxylic acids is 2. The predicted molar refractivity (Wildman–Crippen MR) is 90.0 cm³/mol. The number of amides is 2. The monoisotopic (exact) mass is 321 g/mol. The van der Waals surface area contributed by atoms with Crippen molar-refractivity contribution in [3.05, 3.63) is 0 Å². The third kappa shape index (κ3) is 3.39. The van der Waals surface area contributed by atoms with Crippen molar-refractivity contribution in [3.8, 4) is 0 Å². The molecule has 0 N–H and O–H groups in total. The lowest BCUT2D eigenvalue weighted by Crippen LogP contribution is -2.53. The Hall–Kier alpha value is -1.10. The molecule has 0 bridgehead atoms. The van der Waals surface area contributed by atoms with Gasteiger partial charge in [0, 0.05) is 38.1 Å². The number of rotatable bonds is 4. The van der Waals surface area contributed by atoms with Crippen LogP contribution in [0.1, 0.15) is 58.8 Å². The molecular formula is C18H31N3O2. The minimum atomic E-state index is -0.229. The normalized spacial score (nSPS) is 28.6. The fourth-order valence-electron chi connectivity index (χ4n) is 4.65. The zero-order valence-corrected chi connectivity index (χ0v) is 14.7. The molecule has 3 aliphatic rings. The highest BCUT2D eigenvalue weighted by atomic mass is 16.2. The molecule has 2 amide bonds. The molecule has 130 valence electrons. The summed E-state index contributed by atoms with van der Waals surface area (Å²) in [6.07, 6.45) is 7.04. The van der Waals surface area contributed by atoms with Crippen LogP contribution in [0.5, 0.6) is 0 Å². The van der Waals surface area contributed by atoms with Gasteiger partial charge in [0.05, 0.1) is 0 Å². The van der Waals surface area contributed by atoms with Gasteiger partial charge in [-0.25, -0.2) is 0 Å². The fraction of sp³-hybridized carbons (Fsp3) is 0.889. The van der Waals surface area contributed by atoms with Crippen molar-refractivity contribution < 1.29 is 9.59 Å². The first kappa shape index (κ1) is 16.7. The van der Waals surface area contributed by atoms with Gasteiger partial charge >= 0.3 is 0 Å². The maximum absolute atomic E-state index is 12.9. The highest BCUT2D eigenvalue weighted by molar-refractivity contribution is 5.88. The van der Waals surface area contributed by atoms with E-state index in [9.17, 15) is 9.59 Å². The summed E-state index contributed by atoms with van der Waals surface area (Å²) >= 11 is 0. The van der Waals surface area contributed by atoms with Gasteiger partial charge < -0.3 is 9.80 Å². The summed E-state index contributed by atoms with van der Waals surface area (Å²) < 4.78 is 0. The summed E-state index contributed by atoms with van der Waals surface area (Å²) in [5.41, 5.74) is 0. The second-order valence-electron chi connectivity index (χ2n) is 7.40. The van der Waals surface area contributed by atoms with E-state index in [-0.39, 0.29) is 17.9 Å². The van der Waals surface area contributed by atoms with Crippen LogP contribution >= 0.6 is 0 Å². The maximum Gasteiger partial charge on any atom is 0.245 e. The van der Waals surface area contributed by atoms with Crippen LogP contribution in [0.2, 0.25) is 0 Å². The minimum absolute atomic E-state index is 0.158. The number of carbonyl (C=O) groups is 2. The Kier molecular flexibility index (Phi) is 5.24. The highest BCUT2D eigenvalue weighted by Gasteiger charge is 2.37. The molecule has 3 heterocycles. The van der Waals surface area contributed by atoms with Gasteiger partial charge in [0.2, 0.25) is 11.8 Å². The average Bonchev–Trinajstić information content (AvgIpc) is 3.17. The van der Waals surface area contributed by atoms with E-state index in [1.165, 1.54) is 19.4 Å². The first-order valence-electron chi connectivity index (χ1n) is 9.45. The molecule has 3 aliphatic heterocycles. The quantitative estimate of drug-likeness (QED) is 0.794. The van der Waals surface area contributed by atoms with Crippen LogP contribution in [0, 0.1) is 0 Å². The second-order valence-corrected chi connectivity index (χ2v) is 7.40. The zero-order valence-electron chi connectivity index (χ0n) is 14.7. The summed E-state index contributed by atoms with van der Waals surface area (Å²) in [5.74, 6) is 0.335. The molecule has 5 heteroatoms. The lowest BCUT2D eigenvalue weighted by molar-refractivity contribution is -0.144. The summed E-state index contributed by atoms with van der Waals surface area (Å²) in [6.45, 7) is 8.03. The van der Waals surface area contributed by atoms with Crippen LogP contribution in [0.3, 0.4) is 0 Å². The van der Waals surface area contributed by atoms with Gasteiger partial charge in [-0.1, -0.05) is 6.92 Å². The lowest BCUT2D eigenvalue weighted by Gasteiger charge is -2.40. The number of hydrogen-bond donors (Lipinski definition) is 0. The van der Waals surface area contributed by atoms with E-state index in [0.717, 1.165) is 45.3 Å². The van der Waals surface area contributed by atoms with Crippen LogP contribution < -0.4 is 0 Å². The molecule has 0 spiro atoms. The van der Waals surface area contributed by atoms with Crippen LogP contribution in [0.15, 0.2) is 0 Å². The zero-order chi connectivity index (χ0) is 16.4. The van der Waals surface area contributed by atoms with Crippen molar-refractivity contribution in [2.75, 3.05) is 26.2 Å². The Morgan fingerprint density at radius 1 is 1.13 bits per heavy atom. The molecular weight excluding hydrogens is 290 g/mol. The minimum Gasteiger partial charge on any atom is -0.341 e. The molecule has 2 atom stereocenters. The van der Waals surface area contributed by atoms with Crippen molar-refractivity contribution in [2.24, 2.45) is 0 Å². The van der Waals surface area contributed by atoms with Crippen molar-refractivity contribution in [1.82, 2.24) is 14.7 Å². The van der Waals surface area contributed by atoms with E-state index < -0.39 is 0 Å². The van der Waals surface area contributed by atoms with Crippen LogP contribution in [-0.2, 0) is 9.59 Å². The first-order valence-corrected chi connectivity index (χ1v) is 9.45. The molecule has 3 saturated heterocycles. The Labute approximate surface area is 140 Å². The summed E-state index contributed by atoms with van der Waals surface area (Å²) in [7, 11) is 0. The Bertz CT molecular complexity index is 446. The molecule has 0 aromatic carbocycles. The van der Waals surface area contributed by atoms with Crippen LogP contribution in [0.25, 0.3) is 0 Å². The highest BCUT2D eigenvalue weighted by Crippen LogP contribution is 2.26. The van der Waals surface area contributed by atoms with E-state index in [1.54, 1.807) is 0 Å². The summed E-state index contributed by atoms with van der Waals surface area (Å²) in [6, 6.07) is 1.12. The van der Waals surface area contributed by atoms with E-state index in [2.05, 4.69) is 11.8 Å². The fourth-order valence-corrected chi connectivity index (χ4v) is 4.65. The predicted octanol–water partition coefficient (Wildman–Crippen LogP) is 1.86. The molecule has 3 rings (SSSR count). The largest absolute Gasteiger partial charge is 0.341 e. The van der Waals surface area contributed by atoms with Crippen molar-refractivity contribution in [3.63, 3.8) is 0 Å². The topological polar surface area (TPSA) is 43.9 Å². The lowest BCUT2D eigenvalue weighted by atomic mass is 10.0. The third-order valence-corrected chi connectivity index (χ3v) is 6.01. The Balaban J connectivity index is 1.55. The molecule has 23 heavy (non-hydrogen) atoms. The number of likely N-dealkylation sites (tertiary alicyclic amines) is 3. The Morgan fingerprint density at radius 3 is 2.39 bits per heavy atom. The van der Waals surface area contributed by atoms with Crippen molar-refractivity contribution in [1.29, 1.82) is 0 Å². The van der Waals surface area contributed by atoms with E-state index in [1.807, 2.05) is 16.7 Å². The number of piperidine rings is 1. The molecule has 5 nitrogen and oxygen atoms in total. The molecule has 0 saturated carbocycles. The van der Waals surface area contributed by atoms with Gasteiger partial charge in [-0.15, -0.1) is 0 Å². The maximum atomic E-state index is 12.9. The SMILES string of the molecule is CC[C@H](C(=O)N1CCC(N2CCC[C@@H]2C)CC1)N1CCCC1=O. The smallest absolute Gasteiger partial charge is 0.245 e. The standard InChI is InChI=1S/C18H31N3O2/c1-3-16(21-11-5-7-17(21)22)18(23)19-12-8-15(9-13-19)20-10-4-6-14(20)2/h14-16H,3-13H2,1-2H3/t14-,16+/m0/s1. The third-order valence-electron chi connectivity index (χ3n) is 6.01. The van der Waals surface area contributed by atoms with Gasteiger partial charge in [-0.2, -0.15) is 0 Å². The Morgan fingerprint density at radius 2 is 1.87 bits per heavy atom. The molecule has 3 fully saturated rings. The van der Waals surface area contributed by atoms with Gasteiger partial charge in [0.1, 0.15) is 6.04 Å². The van der Waals surface area contributed by atoms with Gasteiger partial charge in [-0.3, -0.25) is 14.5 Å².